The minimum absolute atomic E-state index is 0.0214. The number of aromatic nitrogens is 2. The molecule has 1 aromatic heterocycles. The molecule has 0 saturated carbocycles. The number of fused-ring (bicyclic) bond motifs is 1. The zero-order chi connectivity index (χ0) is 22.8. The second-order valence-electron chi connectivity index (χ2n) is 8.43. The normalized spacial score (nSPS) is 16.8. The molecule has 2 amide bonds. The molecule has 0 atom stereocenters. The Hall–Kier alpha value is -3.23. The molecule has 1 aromatic carbocycles. The van der Waals surface area contributed by atoms with Crippen LogP contribution in [0.4, 0.5) is 15.0 Å². The van der Waals surface area contributed by atoms with E-state index in [1.54, 1.807) is 28.9 Å². The van der Waals surface area contributed by atoms with Crippen molar-refractivity contribution >= 4 is 17.8 Å². The third-order valence-electron chi connectivity index (χ3n) is 5.69. The summed E-state index contributed by atoms with van der Waals surface area (Å²) in [5.74, 6) is 0.348. The lowest BCUT2D eigenvalue weighted by molar-refractivity contribution is -0.119. The van der Waals surface area contributed by atoms with Gasteiger partial charge >= 0.3 is 6.09 Å². The van der Waals surface area contributed by atoms with Crippen LogP contribution in [0.1, 0.15) is 44.2 Å². The number of ether oxygens (including phenoxy) is 2. The van der Waals surface area contributed by atoms with Crippen LogP contribution >= 0.6 is 0 Å². The summed E-state index contributed by atoms with van der Waals surface area (Å²) in [6, 6.07) is 4.64. The van der Waals surface area contributed by atoms with Gasteiger partial charge in [0.1, 0.15) is 12.1 Å². The van der Waals surface area contributed by atoms with Crippen molar-refractivity contribution < 1.29 is 23.5 Å². The van der Waals surface area contributed by atoms with E-state index in [2.05, 4.69) is 9.97 Å². The zero-order valence-electron chi connectivity index (χ0n) is 18.5. The van der Waals surface area contributed by atoms with Gasteiger partial charge in [-0.05, 0) is 57.7 Å². The molecule has 2 aliphatic heterocycles. The predicted molar refractivity (Wildman–Crippen MR) is 115 cm³/mol. The van der Waals surface area contributed by atoms with E-state index in [0.29, 0.717) is 50.2 Å². The fraction of sp³-hybridized carbons (Fsp3) is 0.478. The van der Waals surface area contributed by atoms with Crippen molar-refractivity contribution in [2.75, 3.05) is 18.0 Å². The van der Waals surface area contributed by atoms with Crippen LogP contribution in [0.5, 0.6) is 11.6 Å². The summed E-state index contributed by atoms with van der Waals surface area (Å²) >= 11 is 0. The molecule has 32 heavy (non-hydrogen) atoms. The number of likely N-dealkylation sites (tertiary alicyclic amines) is 1. The van der Waals surface area contributed by atoms with Crippen molar-refractivity contribution in [3.8, 4) is 11.6 Å². The lowest BCUT2D eigenvalue weighted by Gasteiger charge is -2.40. The Morgan fingerprint density at radius 3 is 2.62 bits per heavy atom. The Morgan fingerprint density at radius 1 is 1.19 bits per heavy atom. The third-order valence-corrected chi connectivity index (χ3v) is 5.69. The van der Waals surface area contributed by atoms with Gasteiger partial charge < -0.3 is 14.4 Å². The van der Waals surface area contributed by atoms with Crippen molar-refractivity contribution in [2.45, 2.75) is 58.6 Å². The molecule has 0 aliphatic carbocycles. The van der Waals surface area contributed by atoms with E-state index in [1.165, 1.54) is 12.4 Å². The van der Waals surface area contributed by atoms with E-state index in [1.807, 2.05) is 13.8 Å². The number of hydrogen-bond acceptors (Lipinski definition) is 6. The molecule has 1 fully saturated rings. The van der Waals surface area contributed by atoms with Gasteiger partial charge in [0.05, 0.1) is 11.7 Å². The number of nitrogens with zero attached hydrogens (tertiary/aromatic N) is 4. The van der Waals surface area contributed by atoms with Gasteiger partial charge in [0.25, 0.3) is 0 Å². The quantitative estimate of drug-likeness (QED) is 0.712. The van der Waals surface area contributed by atoms with Crippen molar-refractivity contribution in [3.63, 3.8) is 0 Å². The first-order valence-electron chi connectivity index (χ1n) is 10.9. The molecule has 0 unspecified atom stereocenters. The van der Waals surface area contributed by atoms with E-state index >= 15 is 0 Å². The van der Waals surface area contributed by atoms with Crippen LogP contribution in [0.3, 0.4) is 0 Å². The molecule has 170 valence electrons. The number of hydrogen-bond donors (Lipinski definition) is 0. The number of amides is 2. The maximum absolute atomic E-state index is 14.3. The van der Waals surface area contributed by atoms with Crippen LogP contribution in [-0.4, -0.2) is 52.1 Å². The minimum Gasteiger partial charge on any atom is -0.447 e. The summed E-state index contributed by atoms with van der Waals surface area (Å²) in [4.78, 5) is 37.0. The number of carbonyl (C=O) groups is 2. The summed E-state index contributed by atoms with van der Waals surface area (Å²) in [5.41, 5.74) is 1.48. The minimum atomic E-state index is -0.471. The van der Waals surface area contributed by atoms with Crippen LogP contribution in [0, 0.1) is 12.7 Å². The molecule has 9 heteroatoms. The SMILES string of the molecule is Cc1ccc(Oc2ncnc3c2CCC(=O)N3C2CCN(C(=O)OC(C)C)CC2)c(F)c1. The highest BCUT2D eigenvalue weighted by molar-refractivity contribution is 5.96. The number of piperidine rings is 1. The van der Waals surface area contributed by atoms with E-state index < -0.39 is 5.82 Å². The first-order chi connectivity index (χ1) is 15.3. The second kappa shape index (κ2) is 9.10. The molecule has 2 aromatic rings. The Morgan fingerprint density at radius 2 is 1.94 bits per heavy atom. The maximum Gasteiger partial charge on any atom is 0.410 e. The maximum atomic E-state index is 14.3. The molecule has 2 aliphatic rings. The van der Waals surface area contributed by atoms with Crippen molar-refractivity contribution in [1.82, 2.24) is 14.9 Å². The Bertz CT molecular complexity index is 1020. The van der Waals surface area contributed by atoms with Gasteiger partial charge in [0, 0.05) is 25.6 Å². The molecular weight excluding hydrogens is 415 g/mol. The van der Waals surface area contributed by atoms with Crippen molar-refractivity contribution in [2.24, 2.45) is 0 Å². The lowest BCUT2D eigenvalue weighted by Crippen LogP contribution is -2.51. The van der Waals surface area contributed by atoms with Crippen molar-refractivity contribution in [1.29, 1.82) is 0 Å². The molecule has 0 radical (unpaired) electrons. The van der Waals surface area contributed by atoms with Gasteiger partial charge in [-0.25, -0.2) is 19.2 Å². The third kappa shape index (κ3) is 4.51. The summed E-state index contributed by atoms with van der Waals surface area (Å²) in [6.07, 6.45) is 2.78. The number of rotatable bonds is 4. The summed E-state index contributed by atoms with van der Waals surface area (Å²) in [7, 11) is 0. The van der Waals surface area contributed by atoms with Crippen LogP contribution in [0.2, 0.25) is 0 Å². The number of carbonyl (C=O) groups excluding carboxylic acids is 2. The summed E-state index contributed by atoms with van der Waals surface area (Å²) in [6.45, 7) is 6.43. The molecule has 8 nitrogen and oxygen atoms in total. The summed E-state index contributed by atoms with van der Waals surface area (Å²) < 4.78 is 25.4. The zero-order valence-corrected chi connectivity index (χ0v) is 18.5. The molecule has 0 bridgehead atoms. The first kappa shape index (κ1) is 22.0. The molecule has 4 rings (SSSR count). The topological polar surface area (TPSA) is 84.9 Å². The van der Waals surface area contributed by atoms with Crippen molar-refractivity contribution in [3.05, 3.63) is 41.5 Å². The first-order valence-corrected chi connectivity index (χ1v) is 10.9. The van der Waals surface area contributed by atoms with Gasteiger partial charge in [0.2, 0.25) is 11.8 Å². The Kier molecular flexibility index (Phi) is 6.25. The fourth-order valence-electron chi connectivity index (χ4n) is 4.12. The van der Waals surface area contributed by atoms with E-state index in [4.69, 9.17) is 9.47 Å². The number of anilines is 1. The Balaban J connectivity index is 1.54. The molecule has 1 saturated heterocycles. The van der Waals surface area contributed by atoms with Crippen LogP contribution < -0.4 is 9.64 Å². The number of benzene rings is 1. The standard InChI is InChI=1S/C23H27FN4O4/c1-14(2)31-23(30)27-10-8-16(9-11-27)28-20(29)7-5-17-21(28)25-13-26-22(17)32-19-6-4-15(3)12-18(19)24/h4,6,12-14,16H,5,7-11H2,1-3H3. The largest absolute Gasteiger partial charge is 0.447 e. The smallest absolute Gasteiger partial charge is 0.410 e. The van der Waals surface area contributed by atoms with Crippen LogP contribution in [0.25, 0.3) is 0 Å². The van der Waals surface area contributed by atoms with E-state index in [0.717, 1.165) is 5.56 Å². The lowest BCUT2D eigenvalue weighted by atomic mass is 9.98. The fourth-order valence-corrected chi connectivity index (χ4v) is 4.12. The summed E-state index contributed by atoms with van der Waals surface area (Å²) in [5, 5.41) is 0. The second-order valence-corrected chi connectivity index (χ2v) is 8.43. The van der Waals surface area contributed by atoms with E-state index in [9.17, 15) is 14.0 Å². The van der Waals surface area contributed by atoms with E-state index in [-0.39, 0.29) is 35.8 Å². The monoisotopic (exact) mass is 442 g/mol. The van der Waals surface area contributed by atoms with Gasteiger partial charge in [0.15, 0.2) is 11.6 Å². The highest BCUT2D eigenvalue weighted by atomic mass is 19.1. The average molecular weight is 442 g/mol. The van der Waals surface area contributed by atoms with Gasteiger partial charge in [-0.15, -0.1) is 0 Å². The van der Waals surface area contributed by atoms with Gasteiger partial charge in [-0.2, -0.15) is 0 Å². The number of aryl methyl sites for hydroxylation is 1. The average Bonchev–Trinajstić information content (AvgIpc) is 2.75. The Labute approximate surface area is 186 Å². The molecule has 0 N–H and O–H groups in total. The highest BCUT2D eigenvalue weighted by Crippen LogP contribution is 2.37. The molecule has 3 heterocycles. The van der Waals surface area contributed by atoms with Crippen LogP contribution in [0.15, 0.2) is 24.5 Å². The predicted octanol–water partition coefficient (Wildman–Crippen LogP) is 4.01. The highest BCUT2D eigenvalue weighted by Gasteiger charge is 2.36. The van der Waals surface area contributed by atoms with Gasteiger partial charge in [-0.1, -0.05) is 6.07 Å². The van der Waals surface area contributed by atoms with Gasteiger partial charge in [-0.3, -0.25) is 9.69 Å². The van der Waals surface area contributed by atoms with Crippen LogP contribution in [-0.2, 0) is 16.0 Å². The molecule has 0 spiro atoms. The molecular formula is C23H27FN4O4. The number of halogens is 1.